The lowest BCUT2D eigenvalue weighted by molar-refractivity contribution is -0.140. The van der Waals surface area contributed by atoms with Gasteiger partial charge in [0.1, 0.15) is 23.1 Å². The van der Waals surface area contributed by atoms with E-state index < -0.39 is 17.7 Å². The second kappa shape index (κ2) is 7.46. The van der Waals surface area contributed by atoms with Crippen LogP contribution in [-0.4, -0.2) is 63.2 Å². The van der Waals surface area contributed by atoms with Gasteiger partial charge >= 0.3 is 0 Å². The van der Waals surface area contributed by atoms with Gasteiger partial charge < -0.3 is 19.3 Å². The Bertz CT molecular complexity index is 1160. The van der Waals surface area contributed by atoms with Crippen molar-refractivity contribution in [2.45, 2.75) is 19.9 Å². The van der Waals surface area contributed by atoms with E-state index in [4.69, 9.17) is 4.42 Å². The zero-order valence-electron chi connectivity index (χ0n) is 17.4. The first-order valence-corrected chi connectivity index (χ1v) is 9.72. The van der Waals surface area contributed by atoms with Crippen LogP contribution in [0.2, 0.25) is 0 Å². The summed E-state index contributed by atoms with van der Waals surface area (Å²) >= 11 is 0. The number of hydrogen-bond donors (Lipinski definition) is 1. The van der Waals surface area contributed by atoms with E-state index >= 15 is 0 Å². The lowest BCUT2D eigenvalue weighted by Gasteiger charge is -2.24. The first kappa shape index (κ1) is 19.9. The second-order valence-electron chi connectivity index (χ2n) is 7.74. The van der Waals surface area contributed by atoms with Gasteiger partial charge in [-0.3, -0.25) is 14.0 Å². The molecule has 0 aromatic carbocycles. The molecule has 0 spiro atoms. The number of aliphatic hydroxyl groups is 1. The highest BCUT2D eigenvalue weighted by molar-refractivity contribution is 6.46. The van der Waals surface area contributed by atoms with Gasteiger partial charge in [0, 0.05) is 19.3 Å². The van der Waals surface area contributed by atoms with Crippen molar-refractivity contribution in [2.75, 3.05) is 27.2 Å². The summed E-state index contributed by atoms with van der Waals surface area (Å²) in [6.07, 6.45) is 3.27. The van der Waals surface area contributed by atoms with Crippen molar-refractivity contribution in [1.29, 1.82) is 0 Å². The number of imidazole rings is 1. The van der Waals surface area contributed by atoms with Crippen LogP contribution in [0.5, 0.6) is 0 Å². The summed E-state index contributed by atoms with van der Waals surface area (Å²) in [6, 6.07) is 6.38. The highest BCUT2D eigenvalue weighted by Gasteiger charge is 2.47. The standard InChI is InChI=1S/C22H24N4O4/c1-13-7-5-9-25-17(14(2)23-21(13)25)19(27)16-18(15-8-6-12-30-15)26(11-10-24(3)4)22(29)20(16)28/h5-9,12,18,27H,10-11H2,1-4H3/t18-/m0/s1. The number of hydrogen-bond acceptors (Lipinski definition) is 6. The van der Waals surface area contributed by atoms with Gasteiger partial charge in [-0.15, -0.1) is 0 Å². The molecule has 8 heteroatoms. The zero-order valence-corrected chi connectivity index (χ0v) is 17.4. The number of Topliss-reactive ketones (excluding diaryl/α,β-unsaturated/α-hetero) is 1. The van der Waals surface area contributed by atoms with Crippen LogP contribution in [0.4, 0.5) is 0 Å². The Morgan fingerprint density at radius 3 is 2.67 bits per heavy atom. The maximum absolute atomic E-state index is 13.0. The van der Waals surface area contributed by atoms with E-state index in [0.717, 1.165) is 5.56 Å². The number of likely N-dealkylation sites (tertiary alicyclic amines) is 1. The van der Waals surface area contributed by atoms with Crippen molar-refractivity contribution < 1.29 is 19.1 Å². The number of fused-ring (bicyclic) bond motifs is 1. The Kier molecular flexibility index (Phi) is 4.95. The van der Waals surface area contributed by atoms with Crippen molar-refractivity contribution in [1.82, 2.24) is 19.2 Å². The quantitative estimate of drug-likeness (QED) is 0.396. The topological polar surface area (TPSA) is 91.3 Å². The van der Waals surface area contributed by atoms with Crippen molar-refractivity contribution in [3.8, 4) is 0 Å². The Hall–Kier alpha value is -3.39. The number of amides is 1. The highest BCUT2D eigenvalue weighted by Crippen LogP contribution is 2.40. The van der Waals surface area contributed by atoms with E-state index in [1.807, 2.05) is 38.1 Å². The first-order valence-electron chi connectivity index (χ1n) is 9.72. The first-order chi connectivity index (χ1) is 14.3. The minimum atomic E-state index is -0.797. The Morgan fingerprint density at radius 1 is 1.23 bits per heavy atom. The van der Waals surface area contributed by atoms with Gasteiger partial charge in [0.2, 0.25) is 0 Å². The molecule has 1 amide bonds. The van der Waals surface area contributed by atoms with Gasteiger partial charge in [0.25, 0.3) is 11.7 Å². The van der Waals surface area contributed by atoms with Crippen LogP contribution in [0.15, 0.2) is 46.7 Å². The number of pyridine rings is 1. The predicted molar refractivity (Wildman–Crippen MR) is 111 cm³/mol. The molecule has 1 saturated heterocycles. The van der Waals surface area contributed by atoms with Crippen LogP contribution >= 0.6 is 0 Å². The van der Waals surface area contributed by atoms with Crippen LogP contribution in [0.25, 0.3) is 11.4 Å². The summed E-state index contributed by atoms with van der Waals surface area (Å²) in [5.41, 5.74) is 2.61. The third kappa shape index (κ3) is 3.09. The van der Waals surface area contributed by atoms with Crippen molar-refractivity contribution >= 4 is 23.1 Å². The van der Waals surface area contributed by atoms with Crippen LogP contribution in [0, 0.1) is 13.8 Å². The monoisotopic (exact) mass is 408 g/mol. The molecule has 0 radical (unpaired) electrons. The van der Waals surface area contributed by atoms with Crippen LogP contribution in [0.3, 0.4) is 0 Å². The molecule has 4 rings (SSSR count). The van der Waals surface area contributed by atoms with Crippen molar-refractivity contribution in [2.24, 2.45) is 0 Å². The van der Waals surface area contributed by atoms with Crippen molar-refractivity contribution in [3.05, 3.63) is 65.0 Å². The van der Waals surface area contributed by atoms with E-state index in [9.17, 15) is 14.7 Å². The third-order valence-corrected chi connectivity index (χ3v) is 5.38. The normalized spacial score (nSPS) is 18.8. The number of ketones is 1. The number of aryl methyl sites for hydroxylation is 2. The fourth-order valence-corrected chi connectivity index (χ4v) is 3.89. The average Bonchev–Trinajstić information content (AvgIpc) is 3.38. The number of furan rings is 1. The third-order valence-electron chi connectivity index (χ3n) is 5.38. The average molecular weight is 408 g/mol. The molecule has 1 aliphatic rings. The lowest BCUT2D eigenvalue weighted by atomic mass is 10.0. The summed E-state index contributed by atoms with van der Waals surface area (Å²) in [6.45, 7) is 4.59. The molecule has 0 unspecified atom stereocenters. The number of carbonyl (C=O) groups is 2. The predicted octanol–water partition coefficient (Wildman–Crippen LogP) is 2.53. The molecule has 4 heterocycles. The molecule has 0 saturated carbocycles. The summed E-state index contributed by atoms with van der Waals surface area (Å²) in [5.74, 6) is -1.20. The molecule has 3 aromatic rings. The van der Waals surface area contributed by atoms with Crippen LogP contribution in [0.1, 0.15) is 28.8 Å². The number of rotatable bonds is 5. The van der Waals surface area contributed by atoms with Gasteiger partial charge in [-0.1, -0.05) is 6.07 Å². The number of likely N-dealkylation sites (N-methyl/N-ethyl adjacent to an activating group) is 1. The van der Waals surface area contributed by atoms with E-state index in [0.29, 0.717) is 35.9 Å². The second-order valence-corrected chi connectivity index (χ2v) is 7.74. The molecule has 0 bridgehead atoms. The summed E-state index contributed by atoms with van der Waals surface area (Å²) < 4.78 is 7.30. The van der Waals surface area contributed by atoms with E-state index in [2.05, 4.69) is 4.98 Å². The molecule has 0 aliphatic carbocycles. The zero-order chi connectivity index (χ0) is 21.6. The number of aliphatic hydroxyl groups excluding tert-OH is 1. The Morgan fingerprint density at radius 2 is 2.00 bits per heavy atom. The number of nitrogens with zero attached hydrogens (tertiary/aromatic N) is 4. The SMILES string of the molecule is Cc1nc2c(C)cccn2c1C(O)=C1C(=O)C(=O)N(CCN(C)C)[C@H]1c1ccco1. The Balaban J connectivity index is 1.92. The molecule has 156 valence electrons. The fraction of sp³-hybridized carbons (Fsp3) is 0.318. The van der Waals surface area contributed by atoms with E-state index in [-0.39, 0.29) is 11.3 Å². The van der Waals surface area contributed by atoms with Gasteiger partial charge in [-0.25, -0.2) is 4.98 Å². The maximum Gasteiger partial charge on any atom is 0.295 e. The van der Waals surface area contributed by atoms with Gasteiger partial charge in [0.05, 0.1) is 17.5 Å². The van der Waals surface area contributed by atoms with E-state index in [1.165, 1.54) is 11.2 Å². The minimum absolute atomic E-state index is 0.0140. The molecule has 3 aromatic heterocycles. The molecule has 1 fully saturated rings. The Labute approximate surface area is 174 Å². The lowest BCUT2D eigenvalue weighted by Crippen LogP contribution is -2.35. The largest absolute Gasteiger partial charge is 0.505 e. The summed E-state index contributed by atoms with van der Waals surface area (Å²) in [4.78, 5) is 33.8. The van der Waals surface area contributed by atoms with Crippen LogP contribution < -0.4 is 0 Å². The molecular formula is C22H24N4O4. The smallest absolute Gasteiger partial charge is 0.295 e. The molecule has 1 aliphatic heterocycles. The van der Waals surface area contributed by atoms with Crippen molar-refractivity contribution in [3.63, 3.8) is 0 Å². The summed E-state index contributed by atoms with van der Waals surface area (Å²) in [7, 11) is 3.78. The van der Waals surface area contributed by atoms with Gasteiger partial charge in [0.15, 0.2) is 5.76 Å². The number of aromatic nitrogens is 2. The summed E-state index contributed by atoms with van der Waals surface area (Å²) in [5, 5.41) is 11.3. The molecule has 8 nitrogen and oxygen atoms in total. The van der Waals surface area contributed by atoms with Gasteiger partial charge in [-0.05, 0) is 51.7 Å². The highest BCUT2D eigenvalue weighted by atomic mass is 16.3. The van der Waals surface area contributed by atoms with E-state index in [1.54, 1.807) is 29.7 Å². The molecule has 1 N–H and O–H groups in total. The minimum Gasteiger partial charge on any atom is -0.505 e. The maximum atomic E-state index is 13.0. The molecule has 1 atom stereocenters. The molecule has 30 heavy (non-hydrogen) atoms. The molecular weight excluding hydrogens is 384 g/mol. The van der Waals surface area contributed by atoms with Gasteiger partial charge in [-0.2, -0.15) is 0 Å². The number of carbonyl (C=O) groups excluding carboxylic acids is 2. The fourth-order valence-electron chi connectivity index (χ4n) is 3.89. The van der Waals surface area contributed by atoms with Crippen LogP contribution in [-0.2, 0) is 9.59 Å².